The van der Waals surface area contributed by atoms with Crippen LogP contribution in [-0.4, -0.2) is 91.5 Å². The molecule has 7 heteroatoms. The first kappa shape index (κ1) is 24.0. The number of amides is 1. The summed E-state index contributed by atoms with van der Waals surface area (Å²) in [7, 11) is 1.71. The largest absolute Gasteiger partial charge is 0.496 e. The summed E-state index contributed by atoms with van der Waals surface area (Å²) in [4.78, 5) is 20.4. The molecule has 0 radical (unpaired) electrons. The zero-order valence-electron chi connectivity index (χ0n) is 19.5. The van der Waals surface area contributed by atoms with Crippen LogP contribution in [0.25, 0.3) is 0 Å². The van der Waals surface area contributed by atoms with E-state index >= 15 is 0 Å². The molecule has 0 bridgehead atoms. The maximum absolute atomic E-state index is 13.7. The van der Waals surface area contributed by atoms with Gasteiger partial charge in [-0.1, -0.05) is 48.5 Å². The number of para-hydroxylation sites is 1. The highest BCUT2D eigenvalue weighted by Gasteiger charge is 2.37. The fourth-order valence-electron chi connectivity index (χ4n) is 4.84. The van der Waals surface area contributed by atoms with E-state index < -0.39 is 0 Å². The lowest BCUT2D eigenvalue weighted by atomic mass is 10.0. The second-order valence-corrected chi connectivity index (χ2v) is 9.41. The Balaban J connectivity index is 1.40. The number of nitrogens with zero attached hydrogens (tertiary/aromatic N) is 3. The van der Waals surface area contributed by atoms with E-state index in [2.05, 4.69) is 33.3 Å². The van der Waals surface area contributed by atoms with Gasteiger partial charge < -0.3 is 15.0 Å². The topological polar surface area (TPSA) is 48.1 Å². The summed E-state index contributed by atoms with van der Waals surface area (Å²) < 4.78 is 5.50. The molecule has 1 amide bonds. The minimum Gasteiger partial charge on any atom is -0.496 e. The van der Waals surface area contributed by atoms with Gasteiger partial charge in [0.15, 0.2) is 0 Å². The Morgan fingerprint density at radius 2 is 1.64 bits per heavy atom. The van der Waals surface area contributed by atoms with Crippen LogP contribution in [0.3, 0.4) is 0 Å². The number of carbonyl (C=O) groups excluding carboxylic acids is 1. The molecule has 0 spiro atoms. The number of nitrogens with one attached hydrogen (secondary N) is 1. The molecule has 2 saturated heterocycles. The Labute approximate surface area is 202 Å². The van der Waals surface area contributed by atoms with Crippen molar-refractivity contribution in [3.63, 3.8) is 0 Å². The summed E-state index contributed by atoms with van der Waals surface area (Å²) in [5.74, 6) is 1.09. The van der Waals surface area contributed by atoms with E-state index in [-0.39, 0.29) is 17.3 Å². The van der Waals surface area contributed by atoms with E-state index in [1.807, 2.05) is 41.3 Å². The van der Waals surface area contributed by atoms with Crippen molar-refractivity contribution in [3.05, 3.63) is 65.7 Å². The smallest absolute Gasteiger partial charge is 0.241 e. The van der Waals surface area contributed by atoms with Crippen molar-refractivity contribution in [2.75, 3.05) is 59.5 Å². The van der Waals surface area contributed by atoms with Gasteiger partial charge in [-0.2, -0.15) is 0 Å². The molecule has 1 N–H and O–H groups in total. The van der Waals surface area contributed by atoms with Crippen LogP contribution in [0.1, 0.15) is 11.1 Å². The summed E-state index contributed by atoms with van der Waals surface area (Å²) in [6.45, 7) is 7.48. The molecule has 0 aliphatic carbocycles. The lowest BCUT2D eigenvalue weighted by Crippen LogP contribution is -2.60. The zero-order valence-corrected chi connectivity index (χ0v) is 20.2. The molecule has 4 rings (SSSR count). The monoisotopic (exact) mass is 470 g/mol. The van der Waals surface area contributed by atoms with Gasteiger partial charge in [0.25, 0.3) is 0 Å². The van der Waals surface area contributed by atoms with Gasteiger partial charge in [-0.15, -0.1) is 11.6 Å². The number of methoxy groups -OCH3 is 1. The standard InChI is InChI=1S/C26H35ClN4O2/c1-33-24-10-6-5-9-22(24)20-29-15-17-31(18-16-29)26(32)25(30-13-11-28-12-14-30)23(27)19-21-7-3-2-4-8-21/h2-10,23,25,28H,11-20H2,1H3. The van der Waals surface area contributed by atoms with Gasteiger partial charge >= 0.3 is 0 Å². The molecule has 2 aromatic carbocycles. The van der Waals surface area contributed by atoms with E-state index in [9.17, 15) is 4.79 Å². The molecular formula is C26H35ClN4O2. The van der Waals surface area contributed by atoms with Gasteiger partial charge in [0, 0.05) is 64.5 Å². The van der Waals surface area contributed by atoms with Crippen molar-refractivity contribution in [2.24, 2.45) is 0 Å². The number of carbonyl (C=O) groups is 1. The maximum atomic E-state index is 13.7. The van der Waals surface area contributed by atoms with E-state index in [0.717, 1.165) is 64.7 Å². The van der Waals surface area contributed by atoms with Crippen molar-refractivity contribution in [1.82, 2.24) is 20.0 Å². The third-order valence-corrected chi connectivity index (χ3v) is 7.08. The number of benzene rings is 2. The number of rotatable bonds is 8. The van der Waals surface area contributed by atoms with Crippen LogP contribution in [0.15, 0.2) is 54.6 Å². The first-order valence-electron chi connectivity index (χ1n) is 11.9. The number of halogens is 1. The normalized spacial score (nSPS) is 19.8. The van der Waals surface area contributed by atoms with Crippen molar-refractivity contribution in [1.29, 1.82) is 0 Å². The Bertz CT molecular complexity index is 883. The fourth-order valence-corrected chi connectivity index (χ4v) is 5.28. The van der Waals surface area contributed by atoms with Crippen molar-refractivity contribution < 1.29 is 9.53 Å². The van der Waals surface area contributed by atoms with Gasteiger partial charge in [-0.25, -0.2) is 0 Å². The van der Waals surface area contributed by atoms with Gasteiger partial charge in [-0.05, 0) is 18.1 Å². The molecule has 2 aromatic rings. The Kier molecular flexibility index (Phi) is 8.62. The lowest BCUT2D eigenvalue weighted by molar-refractivity contribution is -0.139. The summed E-state index contributed by atoms with van der Waals surface area (Å²) in [5.41, 5.74) is 2.36. The number of hydrogen-bond acceptors (Lipinski definition) is 5. The van der Waals surface area contributed by atoms with Crippen LogP contribution >= 0.6 is 11.6 Å². The fraction of sp³-hybridized carbons (Fsp3) is 0.500. The Morgan fingerprint density at radius 1 is 0.970 bits per heavy atom. The second kappa shape index (κ2) is 11.8. The number of ether oxygens (including phenoxy) is 1. The van der Waals surface area contributed by atoms with Crippen LogP contribution in [0.4, 0.5) is 0 Å². The van der Waals surface area contributed by atoms with Crippen LogP contribution < -0.4 is 10.1 Å². The summed E-state index contributed by atoms with van der Waals surface area (Å²) in [6.07, 6.45) is 0.691. The average molecular weight is 471 g/mol. The molecule has 2 unspecified atom stereocenters. The molecule has 2 heterocycles. The molecule has 2 aliphatic rings. The highest BCUT2D eigenvalue weighted by Crippen LogP contribution is 2.22. The predicted molar refractivity (Wildman–Crippen MR) is 133 cm³/mol. The highest BCUT2D eigenvalue weighted by atomic mass is 35.5. The van der Waals surface area contributed by atoms with Gasteiger partial charge in [0.05, 0.1) is 12.5 Å². The second-order valence-electron chi connectivity index (χ2n) is 8.85. The zero-order chi connectivity index (χ0) is 23.0. The molecule has 0 aromatic heterocycles. The Morgan fingerprint density at radius 3 is 2.33 bits per heavy atom. The number of piperazine rings is 2. The van der Waals surface area contributed by atoms with Gasteiger partial charge in [0.1, 0.15) is 11.8 Å². The SMILES string of the molecule is COc1ccccc1CN1CCN(C(=O)C(C(Cl)Cc2ccccc2)N2CCNCC2)CC1. The van der Waals surface area contributed by atoms with E-state index in [1.165, 1.54) is 11.1 Å². The van der Waals surface area contributed by atoms with E-state index in [1.54, 1.807) is 7.11 Å². The molecule has 0 saturated carbocycles. The molecule has 6 nitrogen and oxygen atoms in total. The van der Waals surface area contributed by atoms with Crippen LogP contribution in [0.5, 0.6) is 5.75 Å². The average Bonchev–Trinajstić information content (AvgIpc) is 2.86. The molecule has 2 aliphatic heterocycles. The minimum absolute atomic E-state index is 0.171. The first-order valence-corrected chi connectivity index (χ1v) is 12.3. The van der Waals surface area contributed by atoms with E-state index in [4.69, 9.17) is 16.3 Å². The van der Waals surface area contributed by atoms with Crippen molar-refractivity contribution in [2.45, 2.75) is 24.4 Å². The predicted octanol–water partition coefficient (Wildman–Crippen LogP) is 2.46. The molecule has 2 fully saturated rings. The number of alkyl halides is 1. The molecular weight excluding hydrogens is 436 g/mol. The first-order chi connectivity index (χ1) is 16.2. The third-order valence-electron chi connectivity index (χ3n) is 6.68. The molecule has 2 atom stereocenters. The summed E-state index contributed by atoms with van der Waals surface area (Å²) in [6, 6.07) is 18.1. The van der Waals surface area contributed by atoms with Crippen LogP contribution in [0.2, 0.25) is 0 Å². The quantitative estimate of drug-likeness (QED) is 0.600. The van der Waals surface area contributed by atoms with Crippen molar-refractivity contribution >= 4 is 17.5 Å². The van der Waals surface area contributed by atoms with Crippen LogP contribution in [0, 0.1) is 0 Å². The minimum atomic E-state index is -0.297. The number of hydrogen-bond donors (Lipinski definition) is 1. The van der Waals surface area contributed by atoms with E-state index in [0.29, 0.717) is 6.42 Å². The lowest BCUT2D eigenvalue weighted by Gasteiger charge is -2.41. The summed E-state index contributed by atoms with van der Waals surface area (Å²) >= 11 is 6.96. The molecule has 33 heavy (non-hydrogen) atoms. The van der Waals surface area contributed by atoms with Crippen molar-refractivity contribution in [3.8, 4) is 5.75 Å². The van der Waals surface area contributed by atoms with Gasteiger partial charge in [-0.3, -0.25) is 14.6 Å². The van der Waals surface area contributed by atoms with Gasteiger partial charge in [0.2, 0.25) is 5.91 Å². The van der Waals surface area contributed by atoms with Crippen LogP contribution in [-0.2, 0) is 17.8 Å². The highest BCUT2D eigenvalue weighted by molar-refractivity contribution is 6.22. The third kappa shape index (κ3) is 6.27. The Hall–Kier alpha value is -2.12. The summed E-state index contributed by atoms with van der Waals surface area (Å²) in [5, 5.41) is 3.13. The molecule has 178 valence electrons. The maximum Gasteiger partial charge on any atom is 0.241 e.